The average molecular weight is 344 g/mol. The van der Waals surface area contributed by atoms with Crippen molar-refractivity contribution in [3.63, 3.8) is 0 Å². The summed E-state index contributed by atoms with van der Waals surface area (Å²) in [4.78, 5) is 7.26. The molecule has 4 N–H and O–H groups in total. The fourth-order valence-corrected chi connectivity index (χ4v) is 2.59. The van der Waals surface area contributed by atoms with Crippen LogP contribution in [-0.4, -0.2) is 127 Å². The number of likely N-dealkylation sites (N-methyl/N-ethyl adjacent to an activating group) is 3. The maximum absolute atomic E-state index is 3.51. The van der Waals surface area contributed by atoms with Crippen molar-refractivity contribution in [1.29, 1.82) is 0 Å². The smallest absolute Gasteiger partial charge is 0.0107 e. The molecular weight excluding hydrogens is 302 g/mol. The Hall–Kier alpha value is -0.280. The van der Waals surface area contributed by atoms with Crippen LogP contribution < -0.4 is 21.3 Å². The SMILES string of the molecule is CN1CCNCCNCCNCCNCCN(C)CCN(C)CC1. The minimum atomic E-state index is 1.04. The number of rotatable bonds is 0. The van der Waals surface area contributed by atoms with Crippen molar-refractivity contribution >= 4 is 0 Å². The van der Waals surface area contributed by atoms with Crippen LogP contribution in [-0.2, 0) is 0 Å². The molecule has 7 heteroatoms. The highest BCUT2D eigenvalue weighted by Gasteiger charge is 2.04. The molecule has 0 aromatic carbocycles. The molecule has 0 saturated carbocycles. The lowest BCUT2D eigenvalue weighted by molar-refractivity contribution is 0.226. The van der Waals surface area contributed by atoms with Crippen LogP contribution in [0.2, 0.25) is 0 Å². The van der Waals surface area contributed by atoms with Crippen LogP contribution in [0.3, 0.4) is 0 Å². The van der Waals surface area contributed by atoms with Gasteiger partial charge in [-0.05, 0) is 21.1 Å². The van der Waals surface area contributed by atoms with Gasteiger partial charge in [-0.2, -0.15) is 0 Å². The van der Waals surface area contributed by atoms with Crippen LogP contribution in [0.4, 0.5) is 0 Å². The Morgan fingerprint density at radius 2 is 0.625 bits per heavy atom. The van der Waals surface area contributed by atoms with Crippen molar-refractivity contribution in [1.82, 2.24) is 36.0 Å². The molecule has 0 amide bonds. The van der Waals surface area contributed by atoms with Crippen LogP contribution in [0.15, 0.2) is 0 Å². The predicted molar refractivity (Wildman–Crippen MR) is 104 cm³/mol. The highest BCUT2D eigenvalue weighted by Crippen LogP contribution is 1.89. The molecule has 24 heavy (non-hydrogen) atoms. The molecule has 1 aliphatic heterocycles. The minimum absolute atomic E-state index is 1.04. The standard InChI is InChI=1S/C17H41N7/c1-22-12-10-20-8-6-18-4-5-19-7-9-21-11-13-23(2)15-17-24(3)16-14-22/h18-21H,4-17H2,1-3H3. The van der Waals surface area contributed by atoms with Crippen molar-refractivity contribution < 1.29 is 0 Å². The van der Waals surface area contributed by atoms with Crippen molar-refractivity contribution in [2.24, 2.45) is 0 Å². The maximum atomic E-state index is 3.51. The molecule has 144 valence electrons. The van der Waals surface area contributed by atoms with E-state index in [1.807, 2.05) is 0 Å². The Bertz CT molecular complexity index is 252. The van der Waals surface area contributed by atoms with Crippen LogP contribution in [0.1, 0.15) is 0 Å². The number of nitrogens with zero attached hydrogens (tertiary/aromatic N) is 3. The van der Waals surface area contributed by atoms with E-state index in [0.29, 0.717) is 0 Å². The van der Waals surface area contributed by atoms with Gasteiger partial charge in [0, 0.05) is 91.6 Å². The summed E-state index contributed by atoms with van der Waals surface area (Å²) in [5, 5.41) is 14.0. The molecule has 0 aliphatic carbocycles. The second-order valence-corrected chi connectivity index (χ2v) is 6.91. The molecule has 0 atom stereocenters. The van der Waals surface area contributed by atoms with Crippen molar-refractivity contribution in [2.45, 2.75) is 0 Å². The lowest BCUT2D eigenvalue weighted by atomic mass is 10.4. The first-order valence-corrected chi connectivity index (χ1v) is 9.57. The van der Waals surface area contributed by atoms with Gasteiger partial charge < -0.3 is 36.0 Å². The zero-order valence-electron chi connectivity index (χ0n) is 16.2. The number of hydrogen-bond donors (Lipinski definition) is 4. The predicted octanol–water partition coefficient (Wildman–Crippen LogP) is -1.85. The van der Waals surface area contributed by atoms with Gasteiger partial charge in [0.1, 0.15) is 0 Å². The van der Waals surface area contributed by atoms with Crippen LogP contribution in [0.5, 0.6) is 0 Å². The lowest BCUT2D eigenvalue weighted by Crippen LogP contribution is -2.39. The van der Waals surface area contributed by atoms with E-state index in [1.54, 1.807) is 0 Å². The summed E-state index contributed by atoms with van der Waals surface area (Å²) in [6.45, 7) is 15.1. The Balaban J connectivity index is 2.24. The fourth-order valence-electron chi connectivity index (χ4n) is 2.59. The molecule has 7 nitrogen and oxygen atoms in total. The van der Waals surface area contributed by atoms with Gasteiger partial charge in [0.25, 0.3) is 0 Å². The second kappa shape index (κ2) is 15.0. The first-order valence-electron chi connectivity index (χ1n) is 9.57. The lowest BCUT2D eigenvalue weighted by Gasteiger charge is -2.24. The molecule has 1 heterocycles. The Morgan fingerprint density at radius 1 is 0.375 bits per heavy atom. The molecule has 0 spiro atoms. The highest BCUT2D eigenvalue weighted by atomic mass is 15.2. The van der Waals surface area contributed by atoms with E-state index in [4.69, 9.17) is 0 Å². The zero-order chi connectivity index (χ0) is 17.5. The van der Waals surface area contributed by atoms with Gasteiger partial charge in [0.05, 0.1) is 0 Å². The van der Waals surface area contributed by atoms with E-state index >= 15 is 0 Å². The van der Waals surface area contributed by atoms with Gasteiger partial charge in [-0.1, -0.05) is 0 Å². The van der Waals surface area contributed by atoms with Gasteiger partial charge in [0.2, 0.25) is 0 Å². The summed E-state index contributed by atoms with van der Waals surface area (Å²) in [7, 11) is 6.66. The van der Waals surface area contributed by atoms with Gasteiger partial charge in [-0.15, -0.1) is 0 Å². The van der Waals surface area contributed by atoms with E-state index in [-0.39, 0.29) is 0 Å². The quantitative estimate of drug-likeness (QED) is 0.412. The monoisotopic (exact) mass is 343 g/mol. The van der Waals surface area contributed by atoms with Crippen LogP contribution in [0.25, 0.3) is 0 Å². The van der Waals surface area contributed by atoms with E-state index < -0.39 is 0 Å². The highest BCUT2D eigenvalue weighted by molar-refractivity contribution is 4.63. The summed E-state index contributed by atoms with van der Waals surface area (Å²) in [6.07, 6.45) is 0. The summed E-state index contributed by atoms with van der Waals surface area (Å²) in [5.41, 5.74) is 0. The summed E-state index contributed by atoms with van der Waals surface area (Å²) >= 11 is 0. The molecule has 1 aliphatic rings. The summed E-state index contributed by atoms with van der Waals surface area (Å²) < 4.78 is 0. The third-order valence-corrected chi connectivity index (χ3v) is 4.50. The van der Waals surface area contributed by atoms with Crippen LogP contribution in [0, 0.1) is 0 Å². The van der Waals surface area contributed by atoms with E-state index in [0.717, 1.165) is 91.6 Å². The van der Waals surface area contributed by atoms with Gasteiger partial charge in [-0.3, -0.25) is 0 Å². The van der Waals surface area contributed by atoms with Crippen molar-refractivity contribution in [2.75, 3.05) is 113 Å². The molecule has 0 unspecified atom stereocenters. The topological polar surface area (TPSA) is 57.8 Å². The Morgan fingerprint density at radius 3 is 0.958 bits per heavy atom. The normalized spacial score (nSPS) is 25.1. The van der Waals surface area contributed by atoms with E-state index in [9.17, 15) is 0 Å². The molecule has 1 saturated heterocycles. The molecule has 1 rings (SSSR count). The van der Waals surface area contributed by atoms with Gasteiger partial charge >= 0.3 is 0 Å². The first-order chi connectivity index (χ1) is 11.7. The molecule has 0 bridgehead atoms. The summed E-state index contributed by atoms with van der Waals surface area (Å²) in [5.74, 6) is 0. The third kappa shape index (κ3) is 13.1. The van der Waals surface area contributed by atoms with Crippen LogP contribution >= 0.6 is 0 Å². The zero-order valence-corrected chi connectivity index (χ0v) is 16.2. The minimum Gasteiger partial charge on any atom is -0.314 e. The average Bonchev–Trinajstić information content (AvgIpc) is 2.57. The largest absolute Gasteiger partial charge is 0.314 e. The van der Waals surface area contributed by atoms with Crippen molar-refractivity contribution in [3.05, 3.63) is 0 Å². The number of hydrogen-bond acceptors (Lipinski definition) is 7. The molecular formula is C17H41N7. The number of nitrogens with one attached hydrogen (secondary N) is 4. The molecule has 0 radical (unpaired) electrons. The second-order valence-electron chi connectivity index (χ2n) is 6.91. The fraction of sp³-hybridized carbons (Fsp3) is 1.00. The maximum Gasteiger partial charge on any atom is 0.0107 e. The van der Waals surface area contributed by atoms with E-state index in [2.05, 4.69) is 57.1 Å². The molecule has 1 fully saturated rings. The van der Waals surface area contributed by atoms with Gasteiger partial charge in [-0.25, -0.2) is 0 Å². The molecule has 0 aromatic rings. The summed E-state index contributed by atoms with van der Waals surface area (Å²) in [6, 6.07) is 0. The van der Waals surface area contributed by atoms with Gasteiger partial charge in [0.15, 0.2) is 0 Å². The first kappa shape index (κ1) is 21.8. The third-order valence-electron chi connectivity index (χ3n) is 4.50. The van der Waals surface area contributed by atoms with E-state index in [1.165, 1.54) is 0 Å². The Kier molecular flexibility index (Phi) is 13.6. The Labute approximate surface area is 149 Å². The van der Waals surface area contributed by atoms with Crippen molar-refractivity contribution in [3.8, 4) is 0 Å². The molecule has 0 aromatic heterocycles.